The maximum Gasteiger partial charge on any atom is 0.250 e. The lowest BCUT2D eigenvalue weighted by atomic mass is 9.93. The number of rotatable bonds is 4. The average Bonchev–Trinajstić information content (AvgIpc) is 3.08. The van der Waals surface area contributed by atoms with E-state index in [1.54, 1.807) is 6.07 Å². The van der Waals surface area contributed by atoms with Crippen molar-refractivity contribution in [1.29, 1.82) is 0 Å². The summed E-state index contributed by atoms with van der Waals surface area (Å²) in [5.74, 6) is 0.665. The summed E-state index contributed by atoms with van der Waals surface area (Å²) in [6.07, 6.45) is 3.87. The van der Waals surface area contributed by atoms with Crippen LogP contribution in [0.15, 0.2) is 35.4 Å². The number of aryl methyl sites for hydroxylation is 1. The number of benzene rings is 1. The first-order valence-electron chi connectivity index (χ1n) is 9.05. The Hall–Kier alpha value is -3.03. The van der Waals surface area contributed by atoms with E-state index in [4.69, 9.17) is 0 Å². The molecule has 2 N–H and O–H groups in total. The van der Waals surface area contributed by atoms with E-state index in [1.165, 1.54) is 24.5 Å². The Morgan fingerprint density at radius 1 is 1.26 bits per heavy atom. The minimum Gasteiger partial charge on any atom is -0.343 e. The predicted octanol–water partition coefficient (Wildman–Crippen LogP) is 2.12. The fraction of sp³-hybridized carbons (Fsp3) is 0.368. The van der Waals surface area contributed by atoms with E-state index < -0.39 is 0 Å². The lowest BCUT2D eigenvalue weighted by molar-refractivity contribution is -0.132. The molecule has 7 nitrogen and oxygen atoms in total. The number of likely N-dealkylation sites (tertiary alicyclic amines) is 1. The van der Waals surface area contributed by atoms with Crippen molar-refractivity contribution < 1.29 is 9.18 Å². The number of aromatic amines is 2. The van der Waals surface area contributed by atoms with E-state index in [1.807, 2.05) is 4.90 Å². The number of carbonyl (C=O) groups is 1. The molecule has 0 radical (unpaired) electrons. The van der Waals surface area contributed by atoms with Gasteiger partial charge in [0, 0.05) is 37.9 Å². The molecular formula is C19H20FN5O2. The molecule has 1 aromatic carbocycles. The zero-order chi connectivity index (χ0) is 18.8. The fourth-order valence-electron chi connectivity index (χ4n) is 3.57. The van der Waals surface area contributed by atoms with Crippen LogP contribution in [-0.2, 0) is 11.2 Å². The van der Waals surface area contributed by atoms with E-state index >= 15 is 0 Å². The van der Waals surface area contributed by atoms with Crippen LogP contribution in [-0.4, -0.2) is 43.8 Å². The van der Waals surface area contributed by atoms with Gasteiger partial charge in [-0.05, 0) is 31.0 Å². The number of halogens is 1. The summed E-state index contributed by atoms with van der Waals surface area (Å²) >= 11 is 0. The van der Waals surface area contributed by atoms with Crippen molar-refractivity contribution >= 4 is 16.9 Å². The average molecular weight is 369 g/mol. The van der Waals surface area contributed by atoms with Gasteiger partial charge in [0.25, 0.3) is 5.56 Å². The third-order valence-electron chi connectivity index (χ3n) is 5.03. The highest BCUT2D eigenvalue weighted by Crippen LogP contribution is 2.26. The molecule has 8 heteroatoms. The van der Waals surface area contributed by atoms with E-state index in [0.29, 0.717) is 42.8 Å². The fourth-order valence-corrected chi connectivity index (χ4v) is 3.57. The number of piperidine rings is 1. The summed E-state index contributed by atoms with van der Waals surface area (Å²) in [5.41, 5.74) is 1.98. The third-order valence-corrected chi connectivity index (χ3v) is 5.03. The summed E-state index contributed by atoms with van der Waals surface area (Å²) < 4.78 is 13.2. The Bertz CT molecular complexity index is 1020. The molecule has 3 heterocycles. The molecular weight excluding hydrogens is 349 g/mol. The second-order valence-corrected chi connectivity index (χ2v) is 6.84. The van der Waals surface area contributed by atoms with Crippen LogP contribution < -0.4 is 5.56 Å². The van der Waals surface area contributed by atoms with Gasteiger partial charge in [0.05, 0.1) is 23.1 Å². The molecule has 1 amide bonds. The number of nitrogens with zero attached hydrogens (tertiary/aromatic N) is 3. The van der Waals surface area contributed by atoms with Crippen molar-refractivity contribution in [2.75, 3.05) is 13.1 Å². The van der Waals surface area contributed by atoms with Gasteiger partial charge in [0.2, 0.25) is 5.91 Å². The Morgan fingerprint density at radius 3 is 2.85 bits per heavy atom. The summed E-state index contributed by atoms with van der Waals surface area (Å²) in [5, 5.41) is 0. The van der Waals surface area contributed by atoms with Crippen molar-refractivity contribution in [3.8, 4) is 0 Å². The van der Waals surface area contributed by atoms with Crippen molar-refractivity contribution in [2.45, 2.75) is 31.6 Å². The van der Waals surface area contributed by atoms with Gasteiger partial charge in [-0.1, -0.05) is 0 Å². The van der Waals surface area contributed by atoms with Crippen LogP contribution in [0, 0.1) is 5.82 Å². The minimum absolute atomic E-state index is 0.0824. The van der Waals surface area contributed by atoms with Crippen LogP contribution in [0.5, 0.6) is 0 Å². The second kappa shape index (κ2) is 7.30. The normalized spacial score (nSPS) is 15.4. The summed E-state index contributed by atoms with van der Waals surface area (Å²) in [7, 11) is 0. The topological polar surface area (TPSA) is 94.7 Å². The molecule has 1 aliphatic rings. The van der Waals surface area contributed by atoms with Gasteiger partial charge in [0.15, 0.2) is 0 Å². The minimum atomic E-state index is -0.313. The summed E-state index contributed by atoms with van der Waals surface area (Å²) in [6, 6.07) is 5.94. The highest BCUT2D eigenvalue weighted by molar-refractivity contribution is 5.77. The quantitative estimate of drug-likeness (QED) is 0.736. The first-order chi connectivity index (χ1) is 13.1. The first-order valence-corrected chi connectivity index (χ1v) is 9.05. The molecule has 1 fully saturated rings. The molecule has 0 saturated carbocycles. The number of hydrogen-bond acceptors (Lipinski definition) is 4. The Balaban J connectivity index is 1.32. The molecule has 0 spiro atoms. The van der Waals surface area contributed by atoms with Crippen LogP contribution in [0.25, 0.3) is 11.0 Å². The largest absolute Gasteiger partial charge is 0.343 e. The molecule has 0 unspecified atom stereocenters. The highest BCUT2D eigenvalue weighted by Gasteiger charge is 2.24. The van der Waals surface area contributed by atoms with Crippen LogP contribution in [0.4, 0.5) is 4.39 Å². The van der Waals surface area contributed by atoms with Crippen LogP contribution in [0.1, 0.15) is 36.7 Å². The SMILES string of the molecule is O=C(CCc1nc2ccc(F)cc2[nH]1)N1CCC(c2cc(=O)[nH]cn2)CC1. The van der Waals surface area contributed by atoms with E-state index in [2.05, 4.69) is 19.9 Å². The number of hydrogen-bond donors (Lipinski definition) is 2. The Morgan fingerprint density at radius 2 is 2.07 bits per heavy atom. The standard InChI is InChI=1S/C19H20FN5O2/c20-13-1-2-14-16(9-13)24-17(23-14)3-4-19(27)25-7-5-12(6-8-25)15-10-18(26)22-11-21-15/h1-2,9-12H,3-8H2,(H,23,24)(H,21,22,26). The van der Waals surface area contributed by atoms with Crippen molar-refractivity contribution in [1.82, 2.24) is 24.8 Å². The van der Waals surface area contributed by atoms with Gasteiger partial charge in [-0.15, -0.1) is 0 Å². The molecule has 1 saturated heterocycles. The van der Waals surface area contributed by atoms with Crippen molar-refractivity contribution in [3.63, 3.8) is 0 Å². The number of fused-ring (bicyclic) bond motifs is 1. The highest BCUT2D eigenvalue weighted by atomic mass is 19.1. The number of aromatic nitrogens is 4. The maximum atomic E-state index is 13.2. The van der Waals surface area contributed by atoms with Gasteiger partial charge in [0.1, 0.15) is 11.6 Å². The molecule has 2 aromatic heterocycles. The lowest BCUT2D eigenvalue weighted by Crippen LogP contribution is -2.38. The van der Waals surface area contributed by atoms with Crippen LogP contribution >= 0.6 is 0 Å². The number of imidazole rings is 1. The monoisotopic (exact) mass is 369 g/mol. The smallest absolute Gasteiger partial charge is 0.250 e. The number of H-pyrrole nitrogens is 2. The predicted molar refractivity (Wildman–Crippen MR) is 97.8 cm³/mol. The molecule has 140 valence electrons. The van der Waals surface area contributed by atoms with E-state index in [-0.39, 0.29) is 23.2 Å². The lowest BCUT2D eigenvalue weighted by Gasteiger charge is -2.31. The van der Waals surface area contributed by atoms with Gasteiger partial charge in [-0.2, -0.15) is 0 Å². The molecule has 1 aliphatic heterocycles. The molecule has 0 atom stereocenters. The van der Waals surface area contributed by atoms with Gasteiger partial charge in [-0.3, -0.25) is 9.59 Å². The molecule has 0 bridgehead atoms. The van der Waals surface area contributed by atoms with Crippen LogP contribution in [0.2, 0.25) is 0 Å². The zero-order valence-electron chi connectivity index (χ0n) is 14.7. The Labute approximate surface area is 154 Å². The van der Waals surface area contributed by atoms with E-state index in [9.17, 15) is 14.0 Å². The second-order valence-electron chi connectivity index (χ2n) is 6.84. The summed E-state index contributed by atoms with van der Waals surface area (Å²) in [6.45, 7) is 1.31. The van der Waals surface area contributed by atoms with Crippen molar-refractivity contribution in [3.05, 3.63) is 58.3 Å². The van der Waals surface area contributed by atoms with Crippen molar-refractivity contribution in [2.24, 2.45) is 0 Å². The number of carbonyl (C=O) groups excluding carboxylic acids is 1. The maximum absolute atomic E-state index is 13.2. The third kappa shape index (κ3) is 3.89. The van der Waals surface area contributed by atoms with Gasteiger partial charge < -0.3 is 14.9 Å². The molecule has 4 rings (SSSR count). The van der Waals surface area contributed by atoms with E-state index in [0.717, 1.165) is 18.5 Å². The molecule has 3 aromatic rings. The van der Waals surface area contributed by atoms with Gasteiger partial charge in [-0.25, -0.2) is 14.4 Å². The van der Waals surface area contributed by atoms with Gasteiger partial charge >= 0.3 is 0 Å². The zero-order valence-corrected chi connectivity index (χ0v) is 14.7. The number of nitrogens with one attached hydrogen (secondary N) is 2. The number of amides is 1. The summed E-state index contributed by atoms with van der Waals surface area (Å²) in [4.78, 5) is 40.0. The molecule has 0 aliphatic carbocycles. The Kier molecular flexibility index (Phi) is 4.70. The first kappa shape index (κ1) is 17.4. The van der Waals surface area contributed by atoms with Crippen LogP contribution in [0.3, 0.4) is 0 Å². The molecule has 27 heavy (non-hydrogen) atoms.